The molecule has 3 rings (SSSR count). The lowest BCUT2D eigenvalue weighted by atomic mass is 9.85. The van der Waals surface area contributed by atoms with Crippen LogP contribution in [0.1, 0.15) is 65.4 Å². The van der Waals surface area contributed by atoms with Gasteiger partial charge in [0.25, 0.3) is 0 Å². The molecule has 1 aromatic rings. The zero-order valence-corrected chi connectivity index (χ0v) is 18.7. The van der Waals surface area contributed by atoms with Crippen molar-refractivity contribution in [3.05, 3.63) is 40.0 Å². The van der Waals surface area contributed by atoms with Gasteiger partial charge in [-0.2, -0.15) is 0 Å². The van der Waals surface area contributed by atoms with Crippen LogP contribution in [0.2, 0.25) is 0 Å². The summed E-state index contributed by atoms with van der Waals surface area (Å²) in [6.07, 6.45) is -5.21. The second kappa shape index (κ2) is 10.2. The van der Waals surface area contributed by atoms with Crippen LogP contribution < -0.4 is 4.74 Å². The summed E-state index contributed by atoms with van der Waals surface area (Å²) in [5.41, 5.74) is 2.46. The molecule has 0 bridgehead atoms. The predicted molar refractivity (Wildman–Crippen MR) is 114 cm³/mol. The summed E-state index contributed by atoms with van der Waals surface area (Å²) in [5.74, 6) is -1.12. The second-order valence-corrected chi connectivity index (χ2v) is 8.41. The number of esters is 1. The van der Waals surface area contributed by atoms with Crippen molar-refractivity contribution in [2.75, 3.05) is 13.7 Å². The standard InChI is InChI=1S/C23H30O10/c1-10(5-7-16(25)26)4-6-13-17-11(2)14(31-3)8-12(18(17)23(30)33-13)22-21(29)20(28)19(27)15(9-24)32-22/h4,8,13,15,19-22,24,27-29H,5-7,9H2,1-3H3,(H,25,26)/b10-4+/t13-,15+,19+,20-,21+,22-/m0/s1. The van der Waals surface area contributed by atoms with Gasteiger partial charge >= 0.3 is 11.9 Å². The normalized spacial score (nSPS) is 29.5. The lowest BCUT2D eigenvalue weighted by Gasteiger charge is -2.40. The molecule has 0 saturated carbocycles. The summed E-state index contributed by atoms with van der Waals surface area (Å²) in [6, 6.07) is 1.53. The van der Waals surface area contributed by atoms with E-state index < -0.39 is 55.2 Å². The molecule has 1 fully saturated rings. The third-order valence-electron chi connectivity index (χ3n) is 6.23. The van der Waals surface area contributed by atoms with Gasteiger partial charge in [0, 0.05) is 24.0 Å². The van der Waals surface area contributed by atoms with E-state index in [1.54, 1.807) is 13.8 Å². The number of ether oxygens (including phenoxy) is 3. The van der Waals surface area contributed by atoms with E-state index in [9.17, 15) is 30.0 Å². The maximum atomic E-state index is 12.9. The van der Waals surface area contributed by atoms with Crippen molar-refractivity contribution < 1.29 is 49.3 Å². The number of hydrogen-bond acceptors (Lipinski definition) is 9. The van der Waals surface area contributed by atoms with E-state index >= 15 is 0 Å². The minimum atomic E-state index is -1.60. The number of rotatable bonds is 8. The molecule has 1 aromatic carbocycles. The van der Waals surface area contributed by atoms with Gasteiger partial charge in [0.2, 0.25) is 0 Å². The first kappa shape index (κ1) is 25.1. The van der Waals surface area contributed by atoms with Gasteiger partial charge in [-0.05, 0) is 31.9 Å². The van der Waals surface area contributed by atoms with Crippen molar-refractivity contribution in [3.8, 4) is 5.75 Å². The molecule has 10 heteroatoms. The Morgan fingerprint density at radius 1 is 1.18 bits per heavy atom. The highest BCUT2D eigenvalue weighted by Crippen LogP contribution is 2.45. The largest absolute Gasteiger partial charge is 0.496 e. The van der Waals surface area contributed by atoms with Crippen LogP contribution >= 0.6 is 0 Å². The topological polar surface area (TPSA) is 163 Å². The van der Waals surface area contributed by atoms with Gasteiger partial charge in [0.05, 0.1) is 19.3 Å². The van der Waals surface area contributed by atoms with Crippen molar-refractivity contribution in [2.24, 2.45) is 0 Å². The number of allylic oxidation sites excluding steroid dienone is 1. The van der Waals surface area contributed by atoms with E-state index in [-0.39, 0.29) is 17.5 Å². The van der Waals surface area contributed by atoms with Crippen LogP contribution in [-0.4, -0.2) is 75.6 Å². The van der Waals surface area contributed by atoms with Crippen LogP contribution in [0.5, 0.6) is 5.75 Å². The quantitative estimate of drug-likeness (QED) is 0.275. The van der Waals surface area contributed by atoms with Crippen LogP contribution in [0.3, 0.4) is 0 Å². The number of aliphatic hydroxyl groups excluding tert-OH is 4. The molecule has 2 heterocycles. The van der Waals surface area contributed by atoms with E-state index in [1.807, 2.05) is 6.08 Å². The lowest BCUT2D eigenvalue weighted by molar-refractivity contribution is -0.231. The van der Waals surface area contributed by atoms with Gasteiger partial charge in [0.15, 0.2) is 0 Å². The Morgan fingerprint density at radius 3 is 2.48 bits per heavy atom. The highest BCUT2D eigenvalue weighted by molar-refractivity contribution is 5.97. The van der Waals surface area contributed by atoms with Crippen LogP contribution in [0.15, 0.2) is 17.7 Å². The van der Waals surface area contributed by atoms with E-state index in [2.05, 4.69) is 0 Å². The Balaban J connectivity index is 2.01. The second-order valence-electron chi connectivity index (χ2n) is 8.41. The number of carboxylic acids is 1. The van der Waals surface area contributed by atoms with E-state index in [4.69, 9.17) is 19.3 Å². The van der Waals surface area contributed by atoms with Gasteiger partial charge in [0.1, 0.15) is 42.4 Å². The molecule has 0 aliphatic carbocycles. The number of hydrogen-bond donors (Lipinski definition) is 5. The van der Waals surface area contributed by atoms with Gasteiger partial charge in [-0.25, -0.2) is 4.79 Å². The average Bonchev–Trinajstić information content (AvgIpc) is 3.12. The Hall–Kier alpha value is -2.50. The van der Waals surface area contributed by atoms with Gasteiger partial charge in [-0.15, -0.1) is 0 Å². The number of benzene rings is 1. The van der Waals surface area contributed by atoms with Gasteiger partial charge in [-0.1, -0.05) is 11.6 Å². The molecule has 0 unspecified atom stereocenters. The number of aliphatic carboxylic acids is 1. The molecule has 2 aliphatic rings. The predicted octanol–water partition coefficient (Wildman–Crippen LogP) is 0.931. The Kier molecular flexibility index (Phi) is 7.76. The highest BCUT2D eigenvalue weighted by Gasteiger charge is 2.47. The molecule has 6 atom stereocenters. The molecule has 10 nitrogen and oxygen atoms in total. The number of carbonyl (C=O) groups excluding carboxylic acids is 1. The molecule has 0 aromatic heterocycles. The molecule has 0 amide bonds. The minimum Gasteiger partial charge on any atom is -0.496 e. The van der Waals surface area contributed by atoms with Crippen LogP contribution in [0.4, 0.5) is 0 Å². The Morgan fingerprint density at radius 2 is 1.88 bits per heavy atom. The fourth-order valence-corrected chi connectivity index (χ4v) is 4.35. The molecular weight excluding hydrogens is 436 g/mol. The number of carboxylic acid groups (broad SMARTS) is 1. The van der Waals surface area contributed by atoms with Gasteiger partial charge in [-0.3, -0.25) is 4.79 Å². The summed E-state index contributed by atoms with van der Waals surface area (Å²) < 4.78 is 16.7. The van der Waals surface area contributed by atoms with E-state index in [0.717, 1.165) is 5.57 Å². The van der Waals surface area contributed by atoms with Crippen molar-refractivity contribution >= 4 is 11.9 Å². The third kappa shape index (κ3) is 4.90. The zero-order chi connectivity index (χ0) is 24.4. The van der Waals surface area contributed by atoms with Crippen molar-refractivity contribution in [3.63, 3.8) is 0 Å². The molecular formula is C23H30O10. The Labute approximate surface area is 191 Å². The smallest absolute Gasteiger partial charge is 0.339 e. The first-order valence-electron chi connectivity index (χ1n) is 10.7. The Bertz CT molecular complexity index is 938. The fourth-order valence-electron chi connectivity index (χ4n) is 4.35. The zero-order valence-electron chi connectivity index (χ0n) is 18.7. The van der Waals surface area contributed by atoms with Crippen LogP contribution in [0, 0.1) is 6.92 Å². The SMILES string of the molecule is COc1cc([C@@H]2O[C@H](CO)[C@@H](O)[C@H](O)[C@H]2O)c2c(c1C)[C@H](C/C=C(\C)CCC(=O)O)OC2=O. The lowest BCUT2D eigenvalue weighted by Crippen LogP contribution is -2.55. The summed E-state index contributed by atoms with van der Waals surface area (Å²) in [6.45, 7) is 2.98. The average molecular weight is 466 g/mol. The maximum Gasteiger partial charge on any atom is 0.339 e. The summed E-state index contributed by atoms with van der Waals surface area (Å²) in [4.78, 5) is 23.7. The van der Waals surface area contributed by atoms with Crippen LogP contribution in [-0.2, 0) is 14.3 Å². The molecule has 1 saturated heterocycles. The molecule has 33 heavy (non-hydrogen) atoms. The van der Waals surface area contributed by atoms with Crippen molar-refractivity contribution in [1.82, 2.24) is 0 Å². The fraction of sp³-hybridized carbons (Fsp3) is 0.565. The molecule has 5 N–H and O–H groups in total. The first-order chi connectivity index (χ1) is 15.6. The number of cyclic esters (lactones) is 1. The van der Waals surface area contributed by atoms with Crippen LogP contribution in [0.25, 0.3) is 0 Å². The summed E-state index contributed by atoms with van der Waals surface area (Å²) in [5, 5.41) is 49.3. The number of methoxy groups -OCH3 is 1. The molecule has 182 valence electrons. The van der Waals surface area contributed by atoms with E-state index in [0.29, 0.717) is 29.7 Å². The molecule has 2 aliphatic heterocycles. The van der Waals surface area contributed by atoms with E-state index in [1.165, 1.54) is 13.2 Å². The molecule has 0 radical (unpaired) electrons. The van der Waals surface area contributed by atoms with Crippen molar-refractivity contribution in [2.45, 2.75) is 69.7 Å². The summed E-state index contributed by atoms with van der Waals surface area (Å²) >= 11 is 0. The first-order valence-corrected chi connectivity index (χ1v) is 10.7. The monoisotopic (exact) mass is 466 g/mol. The number of fused-ring (bicyclic) bond motifs is 1. The summed E-state index contributed by atoms with van der Waals surface area (Å²) in [7, 11) is 1.45. The number of aliphatic hydroxyl groups is 4. The maximum absolute atomic E-state index is 12.9. The highest BCUT2D eigenvalue weighted by atomic mass is 16.6. The van der Waals surface area contributed by atoms with Gasteiger partial charge < -0.3 is 39.7 Å². The third-order valence-corrected chi connectivity index (χ3v) is 6.23. The van der Waals surface area contributed by atoms with Crippen molar-refractivity contribution in [1.29, 1.82) is 0 Å². The molecule has 0 spiro atoms. The number of carbonyl (C=O) groups is 2. The minimum absolute atomic E-state index is 0.00250.